The van der Waals surface area contributed by atoms with Gasteiger partial charge >= 0.3 is 5.97 Å². The number of rotatable bonds is 4. The first-order valence-electron chi connectivity index (χ1n) is 5.68. The molecule has 1 amide bonds. The van der Waals surface area contributed by atoms with Crippen LogP contribution in [-0.2, 0) is 9.59 Å². The van der Waals surface area contributed by atoms with E-state index in [0.717, 1.165) is 25.8 Å². The van der Waals surface area contributed by atoms with E-state index in [2.05, 4.69) is 10.6 Å². The van der Waals surface area contributed by atoms with Crippen LogP contribution in [0.25, 0.3) is 0 Å². The molecule has 0 aliphatic carbocycles. The molecule has 1 heterocycles. The molecule has 1 rings (SSSR count). The van der Waals surface area contributed by atoms with E-state index >= 15 is 0 Å². The van der Waals surface area contributed by atoms with Gasteiger partial charge in [-0.1, -0.05) is 6.42 Å². The highest BCUT2D eigenvalue weighted by Crippen LogP contribution is 2.11. The van der Waals surface area contributed by atoms with Gasteiger partial charge in [0, 0.05) is 5.54 Å². The van der Waals surface area contributed by atoms with Gasteiger partial charge in [0.05, 0.1) is 12.5 Å². The molecule has 1 saturated heterocycles. The Morgan fingerprint density at radius 1 is 1.44 bits per heavy atom. The van der Waals surface area contributed by atoms with E-state index in [1.54, 1.807) is 13.8 Å². The van der Waals surface area contributed by atoms with E-state index < -0.39 is 11.5 Å². The molecular weight excluding hydrogens is 208 g/mol. The normalized spacial score (nSPS) is 21.5. The zero-order chi connectivity index (χ0) is 12.2. The molecule has 5 heteroatoms. The van der Waals surface area contributed by atoms with Crippen LogP contribution in [-0.4, -0.2) is 35.1 Å². The van der Waals surface area contributed by atoms with Crippen LogP contribution >= 0.6 is 0 Å². The summed E-state index contributed by atoms with van der Waals surface area (Å²) in [6, 6.07) is -0.165. The van der Waals surface area contributed by atoms with Crippen molar-refractivity contribution in [1.82, 2.24) is 10.6 Å². The third-order valence-electron chi connectivity index (χ3n) is 2.68. The SMILES string of the molecule is CC(C)(CC(=O)O)NC(=O)[C@H]1CCCCN1. The molecule has 16 heavy (non-hydrogen) atoms. The second-order valence-corrected chi connectivity index (χ2v) is 4.95. The molecule has 0 radical (unpaired) electrons. The highest BCUT2D eigenvalue weighted by molar-refractivity contribution is 5.83. The lowest BCUT2D eigenvalue weighted by Crippen LogP contribution is -2.53. The van der Waals surface area contributed by atoms with Crippen LogP contribution in [0.2, 0.25) is 0 Å². The van der Waals surface area contributed by atoms with Crippen molar-refractivity contribution in [2.75, 3.05) is 6.54 Å². The van der Waals surface area contributed by atoms with Gasteiger partial charge in [-0.25, -0.2) is 0 Å². The summed E-state index contributed by atoms with van der Waals surface area (Å²) in [6.07, 6.45) is 2.91. The van der Waals surface area contributed by atoms with Crippen LogP contribution in [0.15, 0.2) is 0 Å². The summed E-state index contributed by atoms with van der Waals surface area (Å²) in [7, 11) is 0. The third-order valence-corrected chi connectivity index (χ3v) is 2.68. The number of carboxylic acid groups (broad SMARTS) is 1. The van der Waals surface area contributed by atoms with Crippen LogP contribution in [0.1, 0.15) is 39.5 Å². The number of piperidine rings is 1. The Morgan fingerprint density at radius 3 is 2.62 bits per heavy atom. The number of amides is 1. The van der Waals surface area contributed by atoms with Gasteiger partial charge in [0.25, 0.3) is 0 Å². The summed E-state index contributed by atoms with van der Waals surface area (Å²) in [5.74, 6) is -0.993. The van der Waals surface area contributed by atoms with Gasteiger partial charge in [-0.15, -0.1) is 0 Å². The van der Waals surface area contributed by atoms with Crippen LogP contribution in [0.3, 0.4) is 0 Å². The van der Waals surface area contributed by atoms with Crippen molar-refractivity contribution in [2.45, 2.75) is 51.1 Å². The molecule has 3 N–H and O–H groups in total. The first-order valence-corrected chi connectivity index (χ1v) is 5.68. The summed E-state index contributed by atoms with van der Waals surface area (Å²) in [6.45, 7) is 4.31. The van der Waals surface area contributed by atoms with E-state index in [1.165, 1.54) is 0 Å². The molecule has 0 saturated carbocycles. The van der Waals surface area contributed by atoms with Crippen molar-refractivity contribution >= 4 is 11.9 Å². The van der Waals surface area contributed by atoms with Crippen LogP contribution in [0.4, 0.5) is 0 Å². The molecule has 5 nitrogen and oxygen atoms in total. The molecule has 1 fully saturated rings. The first-order chi connectivity index (χ1) is 7.41. The Labute approximate surface area is 95.6 Å². The summed E-state index contributed by atoms with van der Waals surface area (Å²) in [5.41, 5.74) is -0.692. The second-order valence-electron chi connectivity index (χ2n) is 4.95. The minimum absolute atomic E-state index is 0.0640. The highest BCUT2D eigenvalue weighted by atomic mass is 16.4. The lowest BCUT2D eigenvalue weighted by molar-refractivity contribution is -0.138. The van der Waals surface area contributed by atoms with Gasteiger partial charge in [-0.05, 0) is 33.2 Å². The summed E-state index contributed by atoms with van der Waals surface area (Å²) >= 11 is 0. The largest absolute Gasteiger partial charge is 0.481 e. The average Bonchev–Trinajstić information content (AvgIpc) is 2.16. The Bertz CT molecular complexity index is 270. The van der Waals surface area contributed by atoms with Gasteiger partial charge < -0.3 is 15.7 Å². The third kappa shape index (κ3) is 4.18. The van der Waals surface area contributed by atoms with Gasteiger partial charge in [0.2, 0.25) is 5.91 Å². The minimum atomic E-state index is -0.901. The van der Waals surface area contributed by atoms with Gasteiger partial charge in [-0.2, -0.15) is 0 Å². The minimum Gasteiger partial charge on any atom is -0.481 e. The van der Waals surface area contributed by atoms with Crippen molar-refractivity contribution in [1.29, 1.82) is 0 Å². The average molecular weight is 228 g/mol. The Morgan fingerprint density at radius 2 is 2.12 bits per heavy atom. The van der Waals surface area contributed by atoms with Crippen LogP contribution in [0, 0.1) is 0 Å². The van der Waals surface area contributed by atoms with Crippen molar-refractivity contribution in [3.63, 3.8) is 0 Å². The Hall–Kier alpha value is -1.10. The van der Waals surface area contributed by atoms with Gasteiger partial charge in [0.15, 0.2) is 0 Å². The Balaban J connectivity index is 2.45. The number of nitrogens with one attached hydrogen (secondary N) is 2. The molecule has 92 valence electrons. The molecule has 1 aliphatic rings. The highest BCUT2D eigenvalue weighted by Gasteiger charge is 2.28. The van der Waals surface area contributed by atoms with E-state index in [4.69, 9.17) is 5.11 Å². The monoisotopic (exact) mass is 228 g/mol. The molecular formula is C11H20N2O3. The number of hydrogen-bond acceptors (Lipinski definition) is 3. The summed E-state index contributed by atoms with van der Waals surface area (Å²) in [5, 5.41) is 14.6. The topological polar surface area (TPSA) is 78.4 Å². The van der Waals surface area contributed by atoms with Crippen molar-refractivity contribution in [2.24, 2.45) is 0 Å². The van der Waals surface area contributed by atoms with Gasteiger partial charge in [0.1, 0.15) is 0 Å². The second kappa shape index (κ2) is 5.30. The lowest BCUT2D eigenvalue weighted by atomic mass is 9.98. The molecule has 1 aliphatic heterocycles. The molecule has 0 aromatic heterocycles. The fraction of sp³-hybridized carbons (Fsp3) is 0.818. The molecule has 0 bridgehead atoms. The standard InChI is InChI=1S/C11H20N2O3/c1-11(2,7-9(14)15)13-10(16)8-5-3-4-6-12-8/h8,12H,3-7H2,1-2H3,(H,13,16)(H,14,15)/t8-/m1/s1. The quantitative estimate of drug-likeness (QED) is 0.654. The predicted octanol–water partition coefficient (Wildman–Crippen LogP) is 0.498. The smallest absolute Gasteiger partial charge is 0.305 e. The maximum Gasteiger partial charge on any atom is 0.305 e. The zero-order valence-electron chi connectivity index (χ0n) is 9.88. The molecule has 0 spiro atoms. The van der Waals surface area contributed by atoms with Crippen molar-refractivity contribution in [3.05, 3.63) is 0 Å². The number of hydrogen-bond donors (Lipinski definition) is 3. The van der Waals surface area contributed by atoms with Crippen molar-refractivity contribution in [3.8, 4) is 0 Å². The zero-order valence-corrected chi connectivity index (χ0v) is 9.88. The van der Waals surface area contributed by atoms with Gasteiger partial charge in [-0.3, -0.25) is 9.59 Å². The fourth-order valence-electron chi connectivity index (χ4n) is 1.92. The molecule has 1 atom stereocenters. The lowest BCUT2D eigenvalue weighted by Gasteiger charge is -2.29. The van der Waals surface area contributed by atoms with Crippen molar-refractivity contribution < 1.29 is 14.7 Å². The maximum atomic E-state index is 11.8. The molecule has 0 aromatic rings. The molecule has 0 unspecified atom stereocenters. The number of carbonyl (C=O) groups is 2. The van der Waals surface area contributed by atoms with E-state index in [-0.39, 0.29) is 18.4 Å². The number of aliphatic carboxylic acids is 1. The summed E-state index contributed by atoms with van der Waals surface area (Å²) < 4.78 is 0. The van der Waals surface area contributed by atoms with E-state index in [0.29, 0.717) is 0 Å². The maximum absolute atomic E-state index is 11.8. The predicted molar refractivity (Wildman–Crippen MR) is 60.1 cm³/mol. The fourth-order valence-corrected chi connectivity index (χ4v) is 1.92. The van der Waals surface area contributed by atoms with Crippen LogP contribution in [0.5, 0.6) is 0 Å². The van der Waals surface area contributed by atoms with E-state index in [9.17, 15) is 9.59 Å². The Kier molecular flexibility index (Phi) is 4.29. The first kappa shape index (κ1) is 13.0. The number of carbonyl (C=O) groups excluding carboxylic acids is 1. The summed E-state index contributed by atoms with van der Waals surface area (Å²) in [4.78, 5) is 22.4. The number of carboxylic acids is 1. The molecule has 0 aromatic carbocycles. The van der Waals surface area contributed by atoms with E-state index in [1.807, 2.05) is 0 Å². The van der Waals surface area contributed by atoms with Crippen LogP contribution < -0.4 is 10.6 Å².